The summed E-state index contributed by atoms with van der Waals surface area (Å²) in [5.74, 6) is 0.751. The first-order valence-electron chi connectivity index (χ1n) is 5.33. The highest BCUT2D eigenvalue weighted by Gasteiger charge is 2.14. The Kier molecular flexibility index (Phi) is 4.06. The second-order valence-corrected chi connectivity index (χ2v) is 5.09. The van der Waals surface area contributed by atoms with Crippen LogP contribution >= 0.6 is 34.8 Å². The SMILES string of the molecule is COc1ccc(C)cc1-c1ccc(Cl)c(Cl)c1Cl. The number of aryl methyl sites for hydroxylation is 1. The normalized spacial score (nSPS) is 10.5. The first-order valence-corrected chi connectivity index (χ1v) is 6.46. The van der Waals surface area contributed by atoms with E-state index in [-0.39, 0.29) is 0 Å². The van der Waals surface area contributed by atoms with E-state index in [1.54, 1.807) is 13.2 Å². The minimum atomic E-state index is 0.361. The highest BCUT2D eigenvalue weighted by molar-refractivity contribution is 6.49. The van der Waals surface area contributed by atoms with Crippen molar-refractivity contribution in [1.29, 1.82) is 0 Å². The van der Waals surface area contributed by atoms with Crippen molar-refractivity contribution in [2.24, 2.45) is 0 Å². The Morgan fingerprint density at radius 1 is 0.889 bits per heavy atom. The monoisotopic (exact) mass is 300 g/mol. The van der Waals surface area contributed by atoms with Crippen molar-refractivity contribution in [2.75, 3.05) is 7.11 Å². The van der Waals surface area contributed by atoms with E-state index in [4.69, 9.17) is 39.5 Å². The van der Waals surface area contributed by atoms with E-state index in [1.165, 1.54) is 0 Å². The molecule has 0 N–H and O–H groups in total. The molecule has 2 aromatic rings. The zero-order chi connectivity index (χ0) is 13.3. The average molecular weight is 302 g/mol. The van der Waals surface area contributed by atoms with Gasteiger partial charge in [-0.05, 0) is 25.1 Å². The van der Waals surface area contributed by atoms with Crippen LogP contribution in [0.15, 0.2) is 30.3 Å². The van der Waals surface area contributed by atoms with Gasteiger partial charge in [0, 0.05) is 11.1 Å². The summed E-state index contributed by atoms with van der Waals surface area (Å²) in [5.41, 5.74) is 2.83. The Morgan fingerprint density at radius 3 is 2.28 bits per heavy atom. The zero-order valence-electron chi connectivity index (χ0n) is 9.93. The van der Waals surface area contributed by atoms with Gasteiger partial charge in [-0.3, -0.25) is 0 Å². The van der Waals surface area contributed by atoms with Crippen molar-refractivity contribution >= 4 is 34.8 Å². The summed E-state index contributed by atoms with van der Waals surface area (Å²) in [4.78, 5) is 0. The standard InChI is InChI=1S/C14H11Cl3O/c1-8-3-6-12(18-2)10(7-8)9-4-5-11(15)14(17)13(9)16/h3-7H,1-2H3. The third-order valence-electron chi connectivity index (χ3n) is 2.68. The average Bonchev–Trinajstić information content (AvgIpc) is 2.36. The van der Waals surface area contributed by atoms with Crippen molar-refractivity contribution in [3.05, 3.63) is 51.0 Å². The minimum absolute atomic E-state index is 0.361. The van der Waals surface area contributed by atoms with Crippen molar-refractivity contribution in [2.45, 2.75) is 6.92 Å². The number of methoxy groups -OCH3 is 1. The van der Waals surface area contributed by atoms with Crippen molar-refractivity contribution in [3.8, 4) is 16.9 Å². The van der Waals surface area contributed by atoms with Gasteiger partial charge in [0.05, 0.1) is 22.2 Å². The van der Waals surface area contributed by atoms with Crippen LogP contribution in [0.2, 0.25) is 15.1 Å². The maximum absolute atomic E-state index is 6.24. The van der Waals surface area contributed by atoms with Crippen molar-refractivity contribution in [3.63, 3.8) is 0 Å². The highest BCUT2D eigenvalue weighted by Crippen LogP contribution is 2.41. The number of hydrogen-bond acceptors (Lipinski definition) is 1. The molecule has 0 fully saturated rings. The predicted molar refractivity (Wildman–Crippen MR) is 78.2 cm³/mol. The number of halogens is 3. The summed E-state index contributed by atoms with van der Waals surface area (Å²) >= 11 is 18.2. The zero-order valence-corrected chi connectivity index (χ0v) is 12.2. The lowest BCUT2D eigenvalue weighted by Gasteiger charge is -2.12. The molecule has 0 amide bonds. The summed E-state index contributed by atoms with van der Waals surface area (Å²) in [7, 11) is 1.62. The fourth-order valence-corrected chi connectivity index (χ4v) is 2.40. The second-order valence-electron chi connectivity index (χ2n) is 3.93. The molecule has 0 aliphatic carbocycles. The Hall–Kier alpha value is -0.890. The van der Waals surface area contributed by atoms with E-state index in [2.05, 4.69) is 0 Å². The van der Waals surface area contributed by atoms with Gasteiger partial charge in [-0.25, -0.2) is 0 Å². The third kappa shape index (κ3) is 2.44. The smallest absolute Gasteiger partial charge is 0.126 e. The predicted octanol–water partition coefficient (Wildman–Crippen LogP) is 5.63. The van der Waals surface area contributed by atoms with Crippen LogP contribution in [-0.2, 0) is 0 Å². The first-order chi connectivity index (χ1) is 8.54. The van der Waals surface area contributed by atoms with Gasteiger partial charge in [0.25, 0.3) is 0 Å². The van der Waals surface area contributed by atoms with E-state index < -0.39 is 0 Å². The van der Waals surface area contributed by atoms with Gasteiger partial charge in [-0.15, -0.1) is 0 Å². The van der Waals surface area contributed by atoms with Gasteiger partial charge in [0.1, 0.15) is 5.75 Å². The van der Waals surface area contributed by atoms with Crippen LogP contribution in [0.5, 0.6) is 5.75 Å². The molecule has 18 heavy (non-hydrogen) atoms. The van der Waals surface area contributed by atoms with E-state index in [0.717, 1.165) is 22.4 Å². The fourth-order valence-electron chi connectivity index (χ4n) is 1.77. The molecule has 0 aliphatic heterocycles. The van der Waals surface area contributed by atoms with Gasteiger partial charge < -0.3 is 4.74 Å². The maximum atomic E-state index is 6.24. The summed E-state index contributed by atoms with van der Waals surface area (Å²) in [5, 5.41) is 1.24. The molecule has 4 heteroatoms. The van der Waals surface area contributed by atoms with Crippen LogP contribution < -0.4 is 4.74 Å². The van der Waals surface area contributed by atoms with Gasteiger partial charge in [0.15, 0.2) is 0 Å². The molecule has 1 nitrogen and oxygen atoms in total. The van der Waals surface area contributed by atoms with Gasteiger partial charge in [-0.1, -0.05) is 52.5 Å². The lowest BCUT2D eigenvalue weighted by molar-refractivity contribution is 0.416. The lowest BCUT2D eigenvalue weighted by atomic mass is 10.0. The maximum Gasteiger partial charge on any atom is 0.126 e. The Balaban J connectivity index is 2.69. The van der Waals surface area contributed by atoms with E-state index in [0.29, 0.717) is 15.1 Å². The molecular formula is C14H11Cl3O. The Morgan fingerprint density at radius 2 is 1.61 bits per heavy atom. The van der Waals surface area contributed by atoms with Crippen LogP contribution in [0.3, 0.4) is 0 Å². The molecule has 0 radical (unpaired) electrons. The summed E-state index contributed by atoms with van der Waals surface area (Å²) in [6.07, 6.45) is 0. The van der Waals surface area contributed by atoms with E-state index in [9.17, 15) is 0 Å². The Bertz CT molecular complexity index is 594. The molecule has 2 aromatic carbocycles. The van der Waals surface area contributed by atoms with Gasteiger partial charge >= 0.3 is 0 Å². The molecule has 0 aliphatic rings. The van der Waals surface area contributed by atoms with Crippen LogP contribution in [0.4, 0.5) is 0 Å². The van der Waals surface area contributed by atoms with Gasteiger partial charge in [-0.2, -0.15) is 0 Å². The van der Waals surface area contributed by atoms with Gasteiger partial charge in [0.2, 0.25) is 0 Å². The summed E-state index contributed by atoms with van der Waals surface area (Å²) in [6, 6.07) is 9.46. The van der Waals surface area contributed by atoms with Crippen molar-refractivity contribution < 1.29 is 4.74 Å². The number of hydrogen-bond donors (Lipinski definition) is 0. The number of ether oxygens (including phenoxy) is 1. The molecule has 0 saturated heterocycles. The molecule has 0 aromatic heterocycles. The second kappa shape index (κ2) is 5.40. The van der Waals surface area contributed by atoms with E-state index >= 15 is 0 Å². The summed E-state index contributed by atoms with van der Waals surface area (Å²) < 4.78 is 5.35. The highest BCUT2D eigenvalue weighted by atomic mass is 35.5. The fraction of sp³-hybridized carbons (Fsp3) is 0.143. The molecule has 0 saturated carbocycles. The van der Waals surface area contributed by atoms with Crippen LogP contribution in [0, 0.1) is 6.92 Å². The molecule has 0 unspecified atom stereocenters. The first kappa shape index (κ1) is 13.5. The molecule has 0 bridgehead atoms. The molecule has 94 valence electrons. The van der Waals surface area contributed by atoms with Crippen LogP contribution in [0.1, 0.15) is 5.56 Å². The number of benzene rings is 2. The topological polar surface area (TPSA) is 9.23 Å². The quantitative estimate of drug-likeness (QED) is 0.653. The molecular weight excluding hydrogens is 291 g/mol. The number of rotatable bonds is 2. The van der Waals surface area contributed by atoms with E-state index in [1.807, 2.05) is 31.2 Å². The van der Waals surface area contributed by atoms with Crippen LogP contribution in [0.25, 0.3) is 11.1 Å². The third-order valence-corrected chi connectivity index (χ3v) is 3.97. The molecule has 0 spiro atoms. The minimum Gasteiger partial charge on any atom is -0.496 e. The largest absolute Gasteiger partial charge is 0.496 e. The molecule has 0 heterocycles. The lowest BCUT2D eigenvalue weighted by Crippen LogP contribution is -1.90. The Labute approximate surface area is 121 Å². The molecule has 2 rings (SSSR count). The van der Waals surface area contributed by atoms with Crippen molar-refractivity contribution in [1.82, 2.24) is 0 Å². The summed E-state index contributed by atoms with van der Waals surface area (Å²) in [6.45, 7) is 2.01. The van der Waals surface area contributed by atoms with Crippen LogP contribution in [-0.4, -0.2) is 7.11 Å². The molecule has 0 atom stereocenters.